The first-order valence-corrected chi connectivity index (χ1v) is 6.23. The number of fused-ring (bicyclic) bond motifs is 1. The van der Waals surface area contributed by atoms with Crippen LogP contribution in [0, 0.1) is 0 Å². The highest BCUT2D eigenvalue weighted by atomic mass is 32.1. The van der Waals surface area contributed by atoms with Crippen molar-refractivity contribution in [1.29, 1.82) is 0 Å². The maximum atomic E-state index is 5.58. The third-order valence-electron chi connectivity index (χ3n) is 2.82. The minimum Gasteiger partial charge on any atom is -0.356 e. The molecule has 0 radical (unpaired) electrons. The zero-order valence-corrected chi connectivity index (χ0v) is 10.4. The van der Waals surface area contributed by atoms with Crippen LogP contribution in [-0.2, 0) is 0 Å². The summed E-state index contributed by atoms with van der Waals surface area (Å²) in [6, 6.07) is 2.46. The molecule has 2 heterocycles. The van der Waals surface area contributed by atoms with Crippen LogP contribution in [0.2, 0.25) is 0 Å². The summed E-state index contributed by atoms with van der Waals surface area (Å²) in [4.78, 5) is 11.8. The van der Waals surface area contributed by atoms with Crippen LogP contribution in [0.5, 0.6) is 0 Å². The van der Waals surface area contributed by atoms with E-state index in [0.29, 0.717) is 12.6 Å². The molecule has 1 unspecified atom stereocenters. The van der Waals surface area contributed by atoms with Crippen molar-refractivity contribution in [3.63, 3.8) is 0 Å². The molecule has 0 bridgehead atoms. The standard InChI is InChI=1S/C11H16N4S/c1-8(3-5-12)15(2)10-9-4-6-16-11(9)14-7-13-10/h4,6-8H,3,5,12H2,1-2H3. The second-order valence-electron chi connectivity index (χ2n) is 3.87. The van der Waals surface area contributed by atoms with Crippen molar-refractivity contribution in [1.82, 2.24) is 9.97 Å². The molecule has 5 heteroatoms. The van der Waals surface area contributed by atoms with Gasteiger partial charge in [-0.3, -0.25) is 0 Å². The molecule has 2 aromatic heterocycles. The third kappa shape index (κ3) is 2.01. The number of aromatic nitrogens is 2. The van der Waals surface area contributed by atoms with Crippen LogP contribution in [0.25, 0.3) is 10.2 Å². The van der Waals surface area contributed by atoms with Crippen LogP contribution in [0.1, 0.15) is 13.3 Å². The molecule has 4 nitrogen and oxygen atoms in total. The van der Waals surface area contributed by atoms with Gasteiger partial charge in [-0.1, -0.05) is 0 Å². The summed E-state index contributed by atoms with van der Waals surface area (Å²) in [6.07, 6.45) is 2.59. The van der Waals surface area contributed by atoms with Crippen molar-refractivity contribution in [3.8, 4) is 0 Å². The molecular formula is C11H16N4S. The molecule has 2 aromatic rings. The predicted octanol–water partition coefficient (Wildman–Crippen LogP) is 1.86. The summed E-state index contributed by atoms with van der Waals surface area (Å²) in [5.74, 6) is 0.993. The SMILES string of the molecule is CC(CCN)N(C)c1ncnc2sccc12. The van der Waals surface area contributed by atoms with Crippen LogP contribution in [0.15, 0.2) is 17.8 Å². The molecule has 0 aliphatic heterocycles. The number of thiophene rings is 1. The van der Waals surface area contributed by atoms with E-state index in [2.05, 4.69) is 34.9 Å². The Labute approximate surface area is 99.1 Å². The van der Waals surface area contributed by atoms with Crippen molar-refractivity contribution >= 4 is 27.4 Å². The second kappa shape index (κ2) is 4.76. The van der Waals surface area contributed by atoms with Gasteiger partial charge in [0.1, 0.15) is 17.0 Å². The Kier molecular flexibility index (Phi) is 3.36. The molecule has 0 aliphatic carbocycles. The Hall–Kier alpha value is -1.20. The normalized spacial score (nSPS) is 12.9. The molecule has 1 atom stereocenters. The first-order chi connectivity index (χ1) is 7.74. The van der Waals surface area contributed by atoms with E-state index in [1.165, 1.54) is 0 Å². The van der Waals surface area contributed by atoms with Gasteiger partial charge in [-0.15, -0.1) is 11.3 Å². The van der Waals surface area contributed by atoms with Crippen molar-refractivity contribution < 1.29 is 0 Å². The summed E-state index contributed by atoms with van der Waals surface area (Å²) < 4.78 is 0. The van der Waals surface area contributed by atoms with Crippen LogP contribution >= 0.6 is 11.3 Å². The molecule has 2 N–H and O–H groups in total. The fraction of sp³-hybridized carbons (Fsp3) is 0.455. The fourth-order valence-electron chi connectivity index (χ4n) is 1.70. The van der Waals surface area contributed by atoms with Gasteiger partial charge in [-0.25, -0.2) is 9.97 Å². The molecule has 16 heavy (non-hydrogen) atoms. The monoisotopic (exact) mass is 236 g/mol. The van der Waals surface area contributed by atoms with E-state index in [9.17, 15) is 0 Å². The van der Waals surface area contributed by atoms with E-state index >= 15 is 0 Å². The number of hydrogen-bond acceptors (Lipinski definition) is 5. The lowest BCUT2D eigenvalue weighted by molar-refractivity contribution is 0.631. The van der Waals surface area contributed by atoms with Crippen molar-refractivity contribution in [2.45, 2.75) is 19.4 Å². The number of anilines is 1. The fourth-order valence-corrected chi connectivity index (χ4v) is 2.43. The van der Waals surface area contributed by atoms with E-state index in [1.54, 1.807) is 17.7 Å². The van der Waals surface area contributed by atoms with Crippen molar-refractivity contribution in [2.24, 2.45) is 5.73 Å². The molecule has 0 saturated heterocycles. The Balaban J connectivity index is 2.35. The number of rotatable bonds is 4. The molecule has 0 aliphatic rings. The summed E-state index contributed by atoms with van der Waals surface area (Å²) in [5, 5.41) is 3.17. The van der Waals surface area contributed by atoms with Gasteiger partial charge < -0.3 is 10.6 Å². The lowest BCUT2D eigenvalue weighted by atomic mass is 10.2. The minimum atomic E-state index is 0.392. The second-order valence-corrected chi connectivity index (χ2v) is 4.77. The van der Waals surface area contributed by atoms with E-state index in [4.69, 9.17) is 5.73 Å². The average Bonchev–Trinajstić information content (AvgIpc) is 2.76. The van der Waals surface area contributed by atoms with E-state index < -0.39 is 0 Å². The molecule has 2 rings (SSSR count). The van der Waals surface area contributed by atoms with E-state index in [0.717, 1.165) is 22.5 Å². The maximum absolute atomic E-state index is 5.58. The summed E-state index contributed by atoms with van der Waals surface area (Å²) in [5.41, 5.74) is 5.58. The molecule has 0 spiro atoms. The molecule has 0 amide bonds. The van der Waals surface area contributed by atoms with Gasteiger partial charge in [-0.05, 0) is 31.3 Å². The van der Waals surface area contributed by atoms with Crippen molar-refractivity contribution in [2.75, 3.05) is 18.5 Å². The third-order valence-corrected chi connectivity index (χ3v) is 3.64. The van der Waals surface area contributed by atoms with Gasteiger partial charge in [0.15, 0.2) is 0 Å². The van der Waals surface area contributed by atoms with Gasteiger partial charge in [0.05, 0.1) is 5.39 Å². The van der Waals surface area contributed by atoms with Gasteiger partial charge >= 0.3 is 0 Å². The number of hydrogen-bond donors (Lipinski definition) is 1. The molecule has 0 saturated carbocycles. The molecule has 0 fully saturated rings. The highest BCUT2D eigenvalue weighted by Gasteiger charge is 2.14. The zero-order valence-electron chi connectivity index (χ0n) is 9.55. The number of nitrogens with two attached hydrogens (primary N) is 1. The Bertz CT molecular complexity index is 468. The van der Waals surface area contributed by atoms with Gasteiger partial charge in [0.25, 0.3) is 0 Å². The first-order valence-electron chi connectivity index (χ1n) is 5.35. The Morgan fingerprint density at radius 3 is 3.06 bits per heavy atom. The minimum absolute atomic E-state index is 0.392. The Morgan fingerprint density at radius 1 is 1.50 bits per heavy atom. The lowest BCUT2D eigenvalue weighted by Gasteiger charge is -2.25. The highest BCUT2D eigenvalue weighted by Crippen LogP contribution is 2.27. The summed E-state index contributed by atoms with van der Waals surface area (Å²) in [7, 11) is 2.06. The topological polar surface area (TPSA) is 55.0 Å². The summed E-state index contributed by atoms with van der Waals surface area (Å²) >= 11 is 1.64. The molecule has 86 valence electrons. The lowest BCUT2D eigenvalue weighted by Crippen LogP contribution is -2.31. The van der Waals surface area contributed by atoms with Gasteiger partial charge in [-0.2, -0.15) is 0 Å². The Morgan fingerprint density at radius 2 is 2.31 bits per heavy atom. The van der Waals surface area contributed by atoms with Gasteiger partial charge in [0.2, 0.25) is 0 Å². The van der Waals surface area contributed by atoms with Crippen LogP contribution in [0.3, 0.4) is 0 Å². The van der Waals surface area contributed by atoms with Crippen molar-refractivity contribution in [3.05, 3.63) is 17.8 Å². The molecule has 0 aromatic carbocycles. The van der Waals surface area contributed by atoms with Gasteiger partial charge in [0, 0.05) is 13.1 Å². The first kappa shape index (κ1) is 11.3. The van der Waals surface area contributed by atoms with Crippen LogP contribution in [0.4, 0.5) is 5.82 Å². The predicted molar refractivity (Wildman–Crippen MR) is 69.0 cm³/mol. The quantitative estimate of drug-likeness (QED) is 0.880. The van der Waals surface area contributed by atoms with E-state index in [-0.39, 0.29) is 0 Å². The van der Waals surface area contributed by atoms with E-state index in [1.807, 2.05) is 5.38 Å². The van der Waals surface area contributed by atoms with Crippen LogP contribution < -0.4 is 10.6 Å². The van der Waals surface area contributed by atoms with Crippen LogP contribution in [-0.4, -0.2) is 29.6 Å². The molecular weight excluding hydrogens is 220 g/mol. The average molecular weight is 236 g/mol. The zero-order chi connectivity index (χ0) is 11.5. The smallest absolute Gasteiger partial charge is 0.140 e. The largest absolute Gasteiger partial charge is 0.356 e. The highest BCUT2D eigenvalue weighted by molar-refractivity contribution is 7.16. The number of nitrogens with zero attached hydrogens (tertiary/aromatic N) is 3. The maximum Gasteiger partial charge on any atom is 0.140 e. The summed E-state index contributed by atoms with van der Waals surface area (Å²) in [6.45, 7) is 2.86.